The Balaban J connectivity index is 2.54. The van der Waals surface area contributed by atoms with Gasteiger partial charge in [0.15, 0.2) is 0 Å². The summed E-state index contributed by atoms with van der Waals surface area (Å²) in [6.07, 6.45) is 0. The number of halogens is 2. The molecule has 0 radical (unpaired) electrons. The van der Waals surface area contributed by atoms with Gasteiger partial charge in [0.25, 0.3) is 0 Å². The van der Waals surface area contributed by atoms with E-state index in [4.69, 9.17) is 0 Å². The van der Waals surface area contributed by atoms with Gasteiger partial charge in [-0.3, -0.25) is 4.79 Å². The highest BCUT2D eigenvalue weighted by molar-refractivity contribution is 9.10. The molecule has 0 heterocycles. The largest absolute Gasteiger partial charge is 0.351 e. The Morgan fingerprint density at radius 1 is 1.53 bits per heavy atom. The number of rotatable bonds is 4. The van der Waals surface area contributed by atoms with Gasteiger partial charge in [-0.2, -0.15) is 0 Å². The molecular formula is C10H12BrFN2O. The summed E-state index contributed by atoms with van der Waals surface area (Å²) < 4.78 is 13.4. The van der Waals surface area contributed by atoms with Crippen LogP contribution in [0.4, 0.5) is 4.39 Å². The van der Waals surface area contributed by atoms with Crippen LogP contribution < -0.4 is 10.6 Å². The van der Waals surface area contributed by atoms with Gasteiger partial charge in [0, 0.05) is 11.0 Å². The van der Waals surface area contributed by atoms with Crippen LogP contribution in [0.25, 0.3) is 0 Å². The van der Waals surface area contributed by atoms with Gasteiger partial charge in [-0.15, -0.1) is 0 Å². The van der Waals surface area contributed by atoms with Crippen LogP contribution in [0.1, 0.15) is 5.56 Å². The fourth-order valence-electron chi connectivity index (χ4n) is 1.08. The molecule has 0 saturated heterocycles. The third-order valence-corrected chi connectivity index (χ3v) is 2.57. The molecule has 0 fully saturated rings. The second kappa shape index (κ2) is 5.82. The van der Waals surface area contributed by atoms with Crippen molar-refractivity contribution in [3.05, 3.63) is 34.1 Å². The van der Waals surface area contributed by atoms with Gasteiger partial charge in [0.1, 0.15) is 5.82 Å². The first-order chi connectivity index (χ1) is 7.13. The van der Waals surface area contributed by atoms with E-state index in [-0.39, 0.29) is 18.3 Å². The third kappa shape index (κ3) is 3.97. The molecule has 3 nitrogen and oxygen atoms in total. The number of amides is 1. The number of hydrogen-bond donors (Lipinski definition) is 2. The second-order valence-electron chi connectivity index (χ2n) is 3.04. The normalized spacial score (nSPS) is 10.1. The first kappa shape index (κ1) is 12.1. The van der Waals surface area contributed by atoms with Crippen LogP contribution in [0, 0.1) is 5.82 Å². The van der Waals surface area contributed by atoms with Crippen molar-refractivity contribution in [2.75, 3.05) is 13.6 Å². The minimum atomic E-state index is -0.299. The molecule has 0 bridgehead atoms. The van der Waals surface area contributed by atoms with E-state index in [2.05, 4.69) is 26.6 Å². The lowest BCUT2D eigenvalue weighted by molar-refractivity contribution is -0.120. The van der Waals surface area contributed by atoms with E-state index in [0.717, 1.165) is 5.56 Å². The number of carbonyl (C=O) groups is 1. The predicted molar refractivity (Wildman–Crippen MR) is 59.9 cm³/mol. The van der Waals surface area contributed by atoms with Gasteiger partial charge >= 0.3 is 0 Å². The van der Waals surface area contributed by atoms with Gasteiger partial charge in [-0.05, 0) is 24.7 Å². The Labute approximate surface area is 96.2 Å². The lowest BCUT2D eigenvalue weighted by Gasteiger charge is -2.06. The molecule has 0 aliphatic rings. The summed E-state index contributed by atoms with van der Waals surface area (Å²) in [5.41, 5.74) is 0.848. The number of benzene rings is 1. The summed E-state index contributed by atoms with van der Waals surface area (Å²) in [6.45, 7) is 0.667. The van der Waals surface area contributed by atoms with Gasteiger partial charge in [-0.25, -0.2) is 4.39 Å². The van der Waals surface area contributed by atoms with E-state index < -0.39 is 0 Å². The molecule has 0 aliphatic carbocycles. The molecule has 0 aliphatic heterocycles. The summed E-state index contributed by atoms with van der Waals surface area (Å²) >= 11 is 3.23. The average molecular weight is 275 g/mol. The highest BCUT2D eigenvalue weighted by Crippen LogP contribution is 2.17. The van der Waals surface area contributed by atoms with Crippen molar-refractivity contribution in [3.63, 3.8) is 0 Å². The minimum Gasteiger partial charge on any atom is -0.351 e. The molecule has 1 rings (SSSR count). The van der Waals surface area contributed by atoms with E-state index in [0.29, 0.717) is 11.0 Å². The second-order valence-corrected chi connectivity index (χ2v) is 3.90. The van der Waals surface area contributed by atoms with E-state index in [1.54, 1.807) is 13.1 Å². The fraction of sp³-hybridized carbons (Fsp3) is 0.300. The predicted octanol–water partition coefficient (Wildman–Crippen LogP) is 1.42. The Kier molecular flexibility index (Phi) is 4.71. The zero-order valence-corrected chi connectivity index (χ0v) is 9.90. The Bertz CT molecular complexity index is 357. The van der Waals surface area contributed by atoms with Crippen molar-refractivity contribution in [2.24, 2.45) is 0 Å². The van der Waals surface area contributed by atoms with Crippen LogP contribution in [0.2, 0.25) is 0 Å². The van der Waals surface area contributed by atoms with Crippen LogP contribution in [0.15, 0.2) is 22.7 Å². The summed E-state index contributed by atoms with van der Waals surface area (Å²) in [5.74, 6) is -0.388. The SMILES string of the molecule is CNCC(=O)NCc1ccc(F)cc1Br. The molecule has 0 spiro atoms. The quantitative estimate of drug-likeness (QED) is 0.872. The smallest absolute Gasteiger partial charge is 0.234 e. The summed E-state index contributed by atoms with van der Waals surface area (Å²) in [6, 6.07) is 4.38. The molecule has 1 aromatic carbocycles. The molecule has 15 heavy (non-hydrogen) atoms. The standard InChI is InChI=1S/C10H12BrFN2O/c1-13-6-10(15)14-5-7-2-3-8(12)4-9(7)11/h2-4,13H,5-6H2,1H3,(H,14,15). The molecule has 1 aromatic rings. The molecule has 0 atom stereocenters. The first-order valence-electron chi connectivity index (χ1n) is 4.48. The molecule has 5 heteroatoms. The maximum absolute atomic E-state index is 12.7. The average Bonchev–Trinajstić information content (AvgIpc) is 2.17. The fourth-order valence-corrected chi connectivity index (χ4v) is 1.57. The van der Waals surface area contributed by atoms with E-state index in [1.807, 2.05) is 0 Å². The van der Waals surface area contributed by atoms with Crippen molar-refractivity contribution >= 4 is 21.8 Å². The van der Waals surface area contributed by atoms with Crippen molar-refractivity contribution < 1.29 is 9.18 Å². The minimum absolute atomic E-state index is 0.0891. The molecule has 0 saturated carbocycles. The molecule has 1 amide bonds. The van der Waals surface area contributed by atoms with Gasteiger partial charge in [0.2, 0.25) is 5.91 Å². The highest BCUT2D eigenvalue weighted by Gasteiger charge is 2.03. The van der Waals surface area contributed by atoms with Crippen molar-refractivity contribution in [2.45, 2.75) is 6.54 Å². The molecule has 0 aromatic heterocycles. The maximum Gasteiger partial charge on any atom is 0.234 e. The Morgan fingerprint density at radius 2 is 2.27 bits per heavy atom. The number of carbonyl (C=O) groups excluding carboxylic acids is 1. The molecule has 0 unspecified atom stereocenters. The molecule has 82 valence electrons. The van der Waals surface area contributed by atoms with Crippen molar-refractivity contribution in [1.29, 1.82) is 0 Å². The van der Waals surface area contributed by atoms with Crippen LogP contribution in [-0.4, -0.2) is 19.5 Å². The maximum atomic E-state index is 12.7. The van der Waals surface area contributed by atoms with Crippen molar-refractivity contribution in [3.8, 4) is 0 Å². The number of nitrogens with one attached hydrogen (secondary N) is 2. The topological polar surface area (TPSA) is 41.1 Å². The van der Waals surface area contributed by atoms with Crippen LogP contribution in [-0.2, 0) is 11.3 Å². The van der Waals surface area contributed by atoms with Crippen LogP contribution in [0.3, 0.4) is 0 Å². The molecular weight excluding hydrogens is 263 g/mol. The lowest BCUT2D eigenvalue weighted by atomic mass is 10.2. The number of hydrogen-bond acceptors (Lipinski definition) is 2. The van der Waals surface area contributed by atoms with Gasteiger partial charge in [-0.1, -0.05) is 22.0 Å². The summed E-state index contributed by atoms with van der Waals surface area (Å²) in [5, 5.41) is 5.45. The number of likely N-dealkylation sites (N-methyl/N-ethyl adjacent to an activating group) is 1. The monoisotopic (exact) mass is 274 g/mol. The van der Waals surface area contributed by atoms with E-state index >= 15 is 0 Å². The Morgan fingerprint density at radius 3 is 2.87 bits per heavy atom. The third-order valence-electron chi connectivity index (χ3n) is 1.83. The van der Waals surface area contributed by atoms with Crippen molar-refractivity contribution in [1.82, 2.24) is 10.6 Å². The zero-order chi connectivity index (χ0) is 11.3. The Hall–Kier alpha value is -0.940. The van der Waals surface area contributed by atoms with E-state index in [1.165, 1.54) is 12.1 Å². The molecule has 2 N–H and O–H groups in total. The van der Waals surface area contributed by atoms with E-state index in [9.17, 15) is 9.18 Å². The van der Waals surface area contributed by atoms with Gasteiger partial charge in [0.05, 0.1) is 6.54 Å². The van der Waals surface area contributed by atoms with Crippen LogP contribution in [0.5, 0.6) is 0 Å². The first-order valence-corrected chi connectivity index (χ1v) is 5.28. The lowest BCUT2D eigenvalue weighted by Crippen LogP contribution is -2.31. The summed E-state index contributed by atoms with van der Waals surface area (Å²) in [4.78, 5) is 11.1. The highest BCUT2D eigenvalue weighted by atomic mass is 79.9. The van der Waals surface area contributed by atoms with Gasteiger partial charge < -0.3 is 10.6 Å². The summed E-state index contributed by atoms with van der Waals surface area (Å²) in [7, 11) is 1.70. The zero-order valence-electron chi connectivity index (χ0n) is 8.31. The van der Waals surface area contributed by atoms with Crippen LogP contribution >= 0.6 is 15.9 Å².